The maximum atomic E-state index is 5.40. The molecule has 0 saturated carbocycles. The van der Waals surface area contributed by atoms with Crippen LogP contribution in [-0.2, 0) is 6.42 Å². The van der Waals surface area contributed by atoms with Crippen molar-refractivity contribution in [3.05, 3.63) is 5.82 Å². The second-order valence-corrected chi connectivity index (χ2v) is 4.72. The Morgan fingerprint density at radius 2 is 2.29 bits per heavy atom. The molecule has 5 heteroatoms. The van der Waals surface area contributed by atoms with Gasteiger partial charge in [0.05, 0.1) is 0 Å². The van der Waals surface area contributed by atoms with Crippen molar-refractivity contribution in [2.24, 2.45) is 11.7 Å². The van der Waals surface area contributed by atoms with Gasteiger partial charge in [0.1, 0.15) is 5.82 Å². The van der Waals surface area contributed by atoms with Crippen LogP contribution in [0.2, 0.25) is 0 Å². The summed E-state index contributed by atoms with van der Waals surface area (Å²) in [6.45, 7) is 5.07. The number of thioether (sulfide) groups is 1. The van der Waals surface area contributed by atoms with Crippen molar-refractivity contribution in [3.63, 3.8) is 0 Å². The highest BCUT2D eigenvalue weighted by molar-refractivity contribution is 7.99. The van der Waals surface area contributed by atoms with Gasteiger partial charge in [-0.05, 0) is 18.9 Å². The summed E-state index contributed by atoms with van der Waals surface area (Å²) in [5.74, 6) is 2.59. The zero-order valence-corrected chi connectivity index (χ0v) is 9.60. The predicted octanol–water partition coefficient (Wildman–Crippen LogP) is 1.44. The Kier molecular flexibility index (Phi) is 4.97. The zero-order chi connectivity index (χ0) is 10.4. The molecule has 0 radical (unpaired) electrons. The molecule has 0 saturated heterocycles. The molecule has 80 valence electrons. The van der Waals surface area contributed by atoms with Crippen molar-refractivity contribution in [3.8, 4) is 0 Å². The first-order chi connectivity index (χ1) is 6.72. The molecule has 0 spiro atoms. The van der Waals surface area contributed by atoms with E-state index >= 15 is 0 Å². The van der Waals surface area contributed by atoms with Gasteiger partial charge in [0.25, 0.3) is 0 Å². The van der Waals surface area contributed by atoms with Gasteiger partial charge in [-0.25, -0.2) is 4.98 Å². The van der Waals surface area contributed by atoms with E-state index in [1.54, 1.807) is 11.8 Å². The Hall–Kier alpha value is -0.550. The van der Waals surface area contributed by atoms with Crippen LogP contribution in [0.15, 0.2) is 5.16 Å². The highest BCUT2D eigenvalue weighted by atomic mass is 32.2. The van der Waals surface area contributed by atoms with Crippen LogP contribution in [0.25, 0.3) is 0 Å². The van der Waals surface area contributed by atoms with Gasteiger partial charge in [-0.2, -0.15) is 0 Å². The summed E-state index contributed by atoms with van der Waals surface area (Å²) in [5.41, 5.74) is 5.40. The summed E-state index contributed by atoms with van der Waals surface area (Å²) in [5, 5.41) is 7.92. The molecule has 1 aromatic heterocycles. The minimum Gasteiger partial charge on any atom is -0.330 e. The fourth-order valence-corrected chi connectivity index (χ4v) is 1.85. The van der Waals surface area contributed by atoms with E-state index < -0.39 is 0 Å². The number of hydrogen-bond donors (Lipinski definition) is 2. The number of aromatic nitrogens is 3. The van der Waals surface area contributed by atoms with Gasteiger partial charge in [0, 0.05) is 12.2 Å². The molecule has 1 aromatic rings. The molecule has 0 aromatic carbocycles. The molecule has 0 aliphatic heterocycles. The molecule has 0 bridgehead atoms. The van der Waals surface area contributed by atoms with E-state index in [0.29, 0.717) is 5.92 Å². The average molecular weight is 214 g/mol. The summed E-state index contributed by atoms with van der Waals surface area (Å²) in [7, 11) is 0. The number of aromatic amines is 1. The molecule has 1 rings (SSSR count). The van der Waals surface area contributed by atoms with Gasteiger partial charge in [-0.1, -0.05) is 25.6 Å². The van der Waals surface area contributed by atoms with Gasteiger partial charge in [0.15, 0.2) is 0 Å². The topological polar surface area (TPSA) is 67.6 Å². The molecule has 4 nitrogen and oxygen atoms in total. The van der Waals surface area contributed by atoms with Crippen LogP contribution in [-0.4, -0.2) is 27.5 Å². The molecule has 14 heavy (non-hydrogen) atoms. The number of nitrogens with zero attached hydrogens (tertiary/aromatic N) is 2. The fourth-order valence-electron chi connectivity index (χ4n) is 1.07. The van der Waals surface area contributed by atoms with Gasteiger partial charge in [-0.3, -0.25) is 5.10 Å². The first kappa shape index (κ1) is 11.5. The first-order valence-corrected chi connectivity index (χ1v) is 5.95. The average Bonchev–Trinajstić information content (AvgIpc) is 2.52. The third-order valence-electron chi connectivity index (χ3n) is 1.69. The summed E-state index contributed by atoms with van der Waals surface area (Å²) in [4.78, 5) is 4.38. The highest BCUT2D eigenvalue weighted by Gasteiger charge is 2.04. The fraction of sp³-hybridized carbons (Fsp3) is 0.778. The van der Waals surface area contributed by atoms with Crippen LogP contribution in [0.1, 0.15) is 26.1 Å². The van der Waals surface area contributed by atoms with Crippen molar-refractivity contribution in [2.45, 2.75) is 31.8 Å². The predicted molar refractivity (Wildman–Crippen MR) is 59.3 cm³/mol. The third-order valence-corrected chi connectivity index (χ3v) is 2.63. The number of rotatable bonds is 6. The van der Waals surface area contributed by atoms with Crippen LogP contribution < -0.4 is 5.73 Å². The molecular formula is C9H18N4S. The summed E-state index contributed by atoms with van der Waals surface area (Å²) in [6.07, 6.45) is 1.98. The molecule has 0 aliphatic carbocycles. The zero-order valence-electron chi connectivity index (χ0n) is 8.79. The highest BCUT2D eigenvalue weighted by Crippen LogP contribution is 2.13. The Labute approximate surface area is 89.1 Å². The molecule has 0 aliphatic rings. The number of hydrogen-bond acceptors (Lipinski definition) is 4. The normalized spacial score (nSPS) is 11.1. The van der Waals surface area contributed by atoms with Crippen molar-refractivity contribution in [2.75, 3.05) is 12.3 Å². The molecule has 0 atom stereocenters. The van der Waals surface area contributed by atoms with Crippen LogP contribution in [0.4, 0.5) is 0 Å². The maximum Gasteiger partial charge on any atom is 0.208 e. The van der Waals surface area contributed by atoms with Crippen molar-refractivity contribution >= 4 is 11.8 Å². The first-order valence-electron chi connectivity index (χ1n) is 4.96. The summed E-state index contributed by atoms with van der Waals surface area (Å²) < 4.78 is 0. The van der Waals surface area contributed by atoms with Crippen molar-refractivity contribution in [1.29, 1.82) is 0 Å². The van der Waals surface area contributed by atoms with Crippen LogP contribution >= 0.6 is 11.8 Å². The second kappa shape index (κ2) is 6.03. The third kappa shape index (κ3) is 4.11. The standard InChI is InChI=1S/C9H18N4S/c1-7(2)6-8-11-9(13-12-8)14-5-3-4-10/h7H,3-6,10H2,1-2H3,(H,11,12,13). The van der Waals surface area contributed by atoms with Gasteiger partial charge in [0.2, 0.25) is 5.16 Å². The Balaban J connectivity index is 2.35. The maximum absolute atomic E-state index is 5.40. The summed E-state index contributed by atoms with van der Waals surface area (Å²) in [6, 6.07) is 0. The Bertz CT molecular complexity index is 259. The second-order valence-electron chi connectivity index (χ2n) is 3.65. The lowest BCUT2D eigenvalue weighted by atomic mass is 10.1. The van der Waals surface area contributed by atoms with E-state index in [9.17, 15) is 0 Å². The van der Waals surface area contributed by atoms with Crippen LogP contribution in [0.5, 0.6) is 0 Å². The number of nitrogens with two attached hydrogens (primary N) is 1. The lowest BCUT2D eigenvalue weighted by Gasteiger charge is -1.97. The Morgan fingerprint density at radius 3 is 2.93 bits per heavy atom. The molecule has 0 amide bonds. The van der Waals surface area contributed by atoms with E-state index in [1.807, 2.05) is 0 Å². The van der Waals surface area contributed by atoms with E-state index in [2.05, 4.69) is 29.0 Å². The lowest BCUT2D eigenvalue weighted by molar-refractivity contribution is 0.622. The minimum absolute atomic E-state index is 0.616. The van der Waals surface area contributed by atoms with Crippen molar-refractivity contribution in [1.82, 2.24) is 15.2 Å². The van der Waals surface area contributed by atoms with E-state index in [-0.39, 0.29) is 0 Å². The van der Waals surface area contributed by atoms with Gasteiger partial charge >= 0.3 is 0 Å². The van der Waals surface area contributed by atoms with E-state index in [1.165, 1.54) is 0 Å². The van der Waals surface area contributed by atoms with Crippen LogP contribution in [0, 0.1) is 5.92 Å². The SMILES string of the molecule is CC(C)Cc1nc(SCCCN)n[nH]1. The Morgan fingerprint density at radius 1 is 1.50 bits per heavy atom. The lowest BCUT2D eigenvalue weighted by Crippen LogP contribution is -1.99. The summed E-state index contributed by atoms with van der Waals surface area (Å²) >= 11 is 1.66. The molecule has 0 fully saturated rings. The van der Waals surface area contributed by atoms with Gasteiger partial charge < -0.3 is 5.73 Å². The largest absolute Gasteiger partial charge is 0.330 e. The van der Waals surface area contributed by atoms with Gasteiger partial charge in [-0.15, -0.1) is 5.10 Å². The smallest absolute Gasteiger partial charge is 0.208 e. The van der Waals surface area contributed by atoms with E-state index in [4.69, 9.17) is 5.73 Å². The molecule has 1 heterocycles. The molecular weight excluding hydrogens is 196 g/mol. The molecule has 0 unspecified atom stereocenters. The number of H-pyrrole nitrogens is 1. The molecule has 3 N–H and O–H groups in total. The monoisotopic (exact) mass is 214 g/mol. The number of nitrogens with one attached hydrogen (secondary N) is 1. The quantitative estimate of drug-likeness (QED) is 0.555. The minimum atomic E-state index is 0.616. The van der Waals surface area contributed by atoms with Crippen LogP contribution in [0.3, 0.4) is 0 Å². The van der Waals surface area contributed by atoms with E-state index in [0.717, 1.165) is 36.1 Å². The van der Waals surface area contributed by atoms with Crippen molar-refractivity contribution < 1.29 is 0 Å².